The van der Waals surface area contributed by atoms with E-state index in [2.05, 4.69) is 15.1 Å². The van der Waals surface area contributed by atoms with Gasteiger partial charge in [0.1, 0.15) is 24.6 Å². The van der Waals surface area contributed by atoms with Crippen LogP contribution in [0.3, 0.4) is 0 Å². The van der Waals surface area contributed by atoms with Gasteiger partial charge in [0.05, 0.1) is 31.5 Å². The summed E-state index contributed by atoms with van der Waals surface area (Å²) in [7, 11) is 3.13. The fourth-order valence-electron chi connectivity index (χ4n) is 4.14. The first-order valence-corrected chi connectivity index (χ1v) is 9.91. The SMILES string of the molecule is COCC(=O)NC[C@H]1O[C@@H](CO)[C@@H](O)[C@H]1N1CCN(c2ccccc2OC)CC1. The number of methoxy groups -OCH3 is 2. The Morgan fingerprint density at radius 3 is 2.59 bits per heavy atom. The number of amides is 1. The van der Waals surface area contributed by atoms with Crippen molar-refractivity contribution >= 4 is 11.6 Å². The van der Waals surface area contributed by atoms with E-state index in [1.54, 1.807) is 7.11 Å². The smallest absolute Gasteiger partial charge is 0.246 e. The summed E-state index contributed by atoms with van der Waals surface area (Å²) in [4.78, 5) is 16.2. The van der Waals surface area contributed by atoms with Crippen LogP contribution in [-0.2, 0) is 14.3 Å². The van der Waals surface area contributed by atoms with Crippen molar-refractivity contribution in [3.63, 3.8) is 0 Å². The molecule has 2 fully saturated rings. The number of piperazine rings is 1. The fourth-order valence-corrected chi connectivity index (χ4v) is 4.14. The standard InChI is InChI=1S/C20H31N3O6/c1-27-13-18(25)21-11-16-19(20(26)17(12-24)29-16)23-9-7-22(8-10-23)14-5-3-4-6-15(14)28-2/h3-6,16-17,19-20,24,26H,7-13H2,1-2H3,(H,21,25)/t16-,17+,19+,20-/m1/s1. The Bertz CT molecular complexity index is 667. The lowest BCUT2D eigenvalue weighted by molar-refractivity contribution is -0.125. The summed E-state index contributed by atoms with van der Waals surface area (Å²) in [6.07, 6.45) is -1.88. The summed E-state index contributed by atoms with van der Waals surface area (Å²) in [6, 6.07) is 7.62. The van der Waals surface area contributed by atoms with E-state index < -0.39 is 18.3 Å². The first-order valence-electron chi connectivity index (χ1n) is 9.91. The highest BCUT2D eigenvalue weighted by Gasteiger charge is 2.46. The minimum atomic E-state index is -0.817. The van der Waals surface area contributed by atoms with E-state index in [0.29, 0.717) is 0 Å². The summed E-state index contributed by atoms with van der Waals surface area (Å²) < 4.78 is 16.1. The number of hydrogen-bond acceptors (Lipinski definition) is 8. The monoisotopic (exact) mass is 409 g/mol. The number of nitrogens with zero attached hydrogens (tertiary/aromatic N) is 2. The van der Waals surface area contributed by atoms with Gasteiger partial charge in [0, 0.05) is 39.8 Å². The van der Waals surface area contributed by atoms with Crippen LogP contribution in [0.1, 0.15) is 0 Å². The molecular formula is C20H31N3O6. The first kappa shape index (κ1) is 21.8. The second-order valence-corrected chi connectivity index (χ2v) is 7.31. The van der Waals surface area contributed by atoms with Crippen molar-refractivity contribution in [2.45, 2.75) is 24.4 Å². The Morgan fingerprint density at radius 2 is 1.93 bits per heavy atom. The molecule has 29 heavy (non-hydrogen) atoms. The van der Waals surface area contributed by atoms with Crippen molar-refractivity contribution in [1.82, 2.24) is 10.2 Å². The number of benzene rings is 1. The number of rotatable bonds is 8. The number of anilines is 1. The lowest BCUT2D eigenvalue weighted by Gasteiger charge is -2.41. The van der Waals surface area contributed by atoms with Crippen LogP contribution in [0.2, 0.25) is 0 Å². The van der Waals surface area contributed by atoms with E-state index in [-0.39, 0.29) is 31.7 Å². The van der Waals surface area contributed by atoms with Gasteiger partial charge in [-0.25, -0.2) is 0 Å². The van der Waals surface area contributed by atoms with E-state index in [4.69, 9.17) is 14.2 Å². The predicted molar refractivity (Wildman–Crippen MR) is 107 cm³/mol. The van der Waals surface area contributed by atoms with Crippen LogP contribution >= 0.6 is 0 Å². The van der Waals surface area contributed by atoms with E-state index >= 15 is 0 Å². The molecule has 0 bridgehead atoms. The van der Waals surface area contributed by atoms with E-state index in [1.165, 1.54) is 7.11 Å². The quantitative estimate of drug-likeness (QED) is 0.506. The maximum atomic E-state index is 11.7. The lowest BCUT2D eigenvalue weighted by atomic mass is 10.0. The molecule has 3 N–H and O–H groups in total. The second kappa shape index (κ2) is 10.2. The van der Waals surface area contributed by atoms with Crippen molar-refractivity contribution in [3.05, 3.63) is 24.3 Å². The molecule has 0 unspecified atom stereocenters. The second-order valence-electron chi connectivity index (χ2n) is 7.31. The lowest BCUT2D eigenvalue weighted by Crippen LogP contribution is -2.57. The minimum absolute atomic E-state index is 0.0268. The Kier molecular flexibility index (Phi) is 7.68. The van der Waals surface area contributed by atoms with Gasteiger partial charge < -0.3 is 34.6 Å². The normalized spacial score (nSPS) is 27.8. The molecule has 0 saturated carbocycles. The molecule has 2 heterocycles. The third-order valence-electron chi connectivity index (χ3n) is 5.58. The van der Waals surface area contributed by atoms with E-state index in [9.17, 15) is 15.0 Å². The van der Waals surface area contributed by atoms with Crippen LogP contribution < -0.4 is 15.0 Å². The predicted octanol–water partition coefficient (Wildman–Crippen LogP) is -0.931. The van der Waals surface area contributed by atoms with Gasteiger partial charge in [-0.05, 0) is 12.1 Å². The van der Waals surface area contributed by atoms with Gasteiger partial charge in [0.25, 0.3) is 0 Å². The van der Waals surface area contributed by atoms with Gasteiger partial charge in [0.15, 0.2) is 0 Å². The van der Waals surface area contributed by atoms with Crippen LogP contribution in [-0.4, -0.2) is 106 Å². The topological polar surface area (TPSA) is 104 Å². The average Bonchev–Trinajstić information content (AvgIpc) is 3.08. The molecule has 2 aliphatic rings. The summed E-state index contributed by atoms with van der Waals surface area (Å²) in [5, 5.41) is 23.0. The molecule has 1 aromatic rings. The van der Waals surface area contributed by atoms with Crippen molar-refractivity contribution in [2.75, 3.05) is 65.1 Å². The maximum Gasteiger partial charge on any atom is 0.246 e. The molecule has 3 rings (SSSR count). The molecule has 0 spiro atoms. The van der Waals surface area contributed by atoms with Crippen molar-refractivity contribution in [2.24, 2.45) is 0 Å². The van der Waals surface area contributed by atoms with Crippen LogP contribution in [0, 0.1) is 0 Å². The van der Waals surface area contributed by atoms with E-state index in [0.717, 1.165) is 37.6 Å². The van der Waals surface area contributed by atoms with Crippen LogP contribution in [0.15, 0.2) is 24.3 Å². The number of nitrogens with one attached hydrogen (secondary N) is 1. The molecule has 0 aromatic heterocycles. The average molecular weight is 409 g/mol. The van der Waals surface area contributed by atoms with Gasteiger partial charge in [-0.2, -0.15) is 0 Å². The van der Waals surface area contributed by atoms with Crippen molar-refractivity contribution in [1.29, 1.82) is 0 Å². The number of carbonyl (C=O) groups is 1. The third kappa shape index (κ3) is 4.99. The molecule has 162 valence electrons. The zero-order chi connectivity index (χ0) is 20.8. The molecule has 9 heteroatoms. The number of aliphatic hydroxyl groups is 2. The van der Waals surface area contributed by atoms with Crippen LogP contribution in [0.5, 0.6) is 5.75 Å². The van der Waals surface area contributed by atoms with Gasteiger partial charge in [-0.15, -0.1) is 0 Å². The zero-order valence-corrected chi connectivity index (χ0v) is 17.0. The highest BCUT2D eigenvalue weighted by molar-refractivity contribution is 5.77. The van der Waals surface area contributed by atoms with Gasteiger partial charge in [0.2, 0.25) is 5.91 Å². The molecule has 2 aliphatic heterocycles. The largest absolute Gasteiger partial charge is 0.495 e. The number of para-hydroxylation sites is 2. The molecular weight excluding hydrogens is 378 g/mol. The maximum absolute atomic E-state index is 11.7. The highest BCUT2D eigenvalue weighted by Crippen LogP contribution is 2.31. The molecule has 0 radical (unpaired) electrons. The van der Waals surface area contributed by atoms with Gasteiger partial charge in [-0.1, -0.05) is 12.1 Å². The number of ether oxygens (including phenoxy) is 3. The first-order chi connectivity index (χ1) is 14.1. The Balaban J connectivity index is 1.64. The number of hydrogen-bond donors (Lipinski definition) is 3. The molecule has 1 amide bonds. The molecule has 1 aromatic carbocycles. The summed E-state index contributed by atoms with van der Waals surface area (Å²) in [5.74, 6) is 0.599. The Labute approximate surface area is 171 Å². The van der Waals surface area contributed by atoms with Crippen molar-refractivity contribution in [3.8, 4) is 5.75 Å². The Hall–Kier alpha value is -1.91. The summed E-state index contributed by atoms with van der Waals surface area (Å²) in [6.45, 7) is 2.97. The molecule has 2 saturated heterocycles. The summed E-state index contributed by atoms with van der Waals surface area (Å²) >= 11 is 0. The highest BCUT2D eigenvalue weighted by atomic mass is 16.5. The van der Waals surface area contributed by atoms with Crippen molar-refractivity contribution < 1.29 is 29.2 Å². The Morgan fingerprint density at radius 1 is 1.21 bits per heavy atom. The zero-order valence-electron chi connectivity index (χ0n) is 17.0. The number of aliphatic hydroxyl groups excluding tert-OH is 2. The van der Waals surface area contributed by atoms with Gasteiger partial charge in [-0.3, -0.25) is 9.69 Å². The summed E-state index contributed by atoms with van der Waals surface area (Å²) in [5.41, 5.74) is 1.05. The van der Waals surface area contributed by atoms with Gasteiger partial charge >= 0.3 is 0 Å². The van der Waals surface area contributed by atoms with Crippen LogP contribution in [0.4, 0.5) is 5.69 Å². The molecule has 0 aliphatic carbocycles. The molecule has 9 nitrogen and oxygen atoms in total. The number of carbonyl (C=O) groups excluding carboxylic acids is 1. The van der Waals surface area contributed by atoms with Crippen LogP contribution in [0.25, 0.3) is 0 Å². The fraction of sp³-hybridized carbons (Fsp3) is 0.650. The van der Waals surface area contributed by atoms with E-state index in [1.807, 2.05) is 24.3 Å². The molecule has 4 atom stereocenters. The third-order valence-corrected chi connectivity index (χ3v) is 5.58. The minimum Gasteiger partial charge on any atom is -0.495 e.